The van der Waals surface area contributed by atoms with E-state index in [0.717, 1.165) is 24.4 Å². The largest absolute Gasteiger partial charge is 0.375 e. The molecule has 0 unspecified atom stereocenters. The molecule has 16 heavy (non-hydrogen) atoms. The van der Waals surface area contributed by atoms with Gasteiger partial charge in [0.1, 0.15) is 0 Å². The van der Waals surface area contributed by atoms with Gasteiger partial charge in [-0.3, -0.25) is 0 Å². The van der Waals surface area contributed by atoms with Crippen LogP contribution in [0.25, 0.3) is 0 Å². The molecular weight excluding hydrogens is 196 g/mol. The molecule has 4 aliphatic rings. The first-order chi connectivity index (χ1) is 7.44. The number of ether oxygens (including phenoxy) is 1. The molecule has 4 saturated carbocycles. The smallest absolute Gasteiger partial charge is 0.0598 e. The molecule has 4 rings (SSSR count). The highest BCUT2D eigenvalue weighted by Gasteiger charge is 2.51. The van der Waals surface area contributed by atoms with E-state index >= 15 is 0 Å². The van der Waals surface area contributed by atoms with Gasteiger partial charge in [-0.05, 0) is 82.5 Å². The average molecular weight is 222 g/mol. The highest BCUT2D eigenvalue weighted by Crippen LogP contribution is 2.60. The topological polar surface area (TPSA) is 9.23 Å². The van der Waals surface area contributed by atoms with E-state index in [2.05, 4.69) is 20.8 Å². The van der Waals surface area contributed by atoms with Gasteiger partial charge in [-0.1, -0.05) is 0 Å². The van der Waals surface area contributed by atoms with Crippen LogP contribution in [0.15, 0.2) is 0 Å². The van der Waals surface area contributed by atoms with Gasteiger partial charge in [0.25, 0.3) is 0 Å². The maximum absolute atomic E-state index is 6.11. The minimum Gasteiger partial charge on any atom is -0.375 e. The molecule has 0 saturated heterocycles. The monoisotopic (exact) mass is 222 g/mol. The molecule has 0 N–H and O–H groups in total. The van der Waals surface area contributed by atoms with Crippen molar-refractivity contribution in [2.75, 3.05) is 6.61 Å². The first-order valence-corrected chi connectivity index (χ1v) is 7.08. The standard InChI is InChI=1S/C15H26O/c1-14(2,3)16-10-15-7-11-4-12(8-15)6-13(5-11)9-15/h11-13H,4-10H2,1-3H3. The second-order valence-corrected chi connectivity index (χ2v) is 7.82. The molecule has 0 atom stereocenters. The SMILES string of the molecule is CC(C)(C)OCC12CC3CC(CC(C3)C1)C2. The Labute approximate surface area is 99.9 Å². The van der Waals surface area contributed by atoms with Crippen LogP contribution in [0.4, 0.5) is 0 Å². The Balaban J connectivity index is 1.69. The fraction of sp³-hybridized carbons (Fsp3) is 1.00. The lowest BCUT2D eigenvalue weighted by atomic mass is 9.50. The fourth-order valence-electron chi connectivity index (χ4n) is 4.84. The van der Waals surface area contributed by atoms with Crippen LogP contribution >= 0.6 is 0 Å². The zero-order valence-corrected chi connectivity index (χ0v) is 11.1. The molecule has 0 spiro atoms. The molecule has 0 aromatic rings. The van der Waals surface area contributed by atoms with E-state index in [1.807, 2.05) is 0 Å². The van der Waals surface area contributed by atoms with Gasteiger partial charge < -0.3 is 4.74 Å². The highest BCUT2D eigenvalue weighted by atomic mass is 16.5. The lowest BCUT2D eigenvalue weighted by molar-refractivity contribution is -0.128. The third-order valence-corrected chi connectivity index (χ3v) is 4.98. The van der Waals surface area contributed by atoms with Crippen molar-refractivity contribution in [3.63, 3.8) is 0 Å². The lowest BCUT2D eigenvalue weighted by Crippen LogP contribution is -2.49. The predicted octanol–water partition coefficient (Wildman–Crippen LogP) is 4.02. The summed E-state index contributed by atoms with van der Waals surface area (Å²) >= 11 is 0. The van der Waals surface area contributed by atoms with Crippen molar-refractivity contribution >= 4 is 0 Å². The van der Waals surface area contributed by atoms with Crippen molar-refractivity contribution in [2.45, 2.75) is 64.9 Å². The first-order valence-electron chi connectivity index (χ1n) is 7.08. The molecule has 0 aromatic heterocycles. The summed E-state index contributed by atoms with van der Waals surface area (Å²) in [5.41, 5.74) is 0.630. The van der Waals surface area contributed by atoms with Crippen LogP contribution < -0.4 is 0 Å². The van der Waals surface area contributed by atoms with E-state index in [9.17, 15) is 0 Å². The van der Waals surface area contributed by atoms with Crippen molar-refractivity contribution in [2.24, 2.45) is 23.2 Å². The predicted molar refractivity (Wildman–Crippen MR) is 66.3 cm³/mol. The van der Waals surface area contributed by atoms with Crippen molar-refractivity contribution in [1.29, 1.82) is 0 Å². The molecule has 1 nitrogen and oxygen atoms in total. The second kappa shape index (κ2) is 3.48. The Kier molecular flexibility index (Phi) is 2.41. The van der Waals surface area contributed by atoms with E-state index in [-0.39, 0.29) is 5.60 Å². The summed E-state index contributed by atoms with van der Waals surface area (Å²) in [5.74, 6) is 3.15. The zero-order chi connectivity index (χ0) is 11.4. The molecule has 0 aliphatic heterocycles. The Hall–Kier alpha value is -0.0400. The summed E-state index contributed by atoms with van der Waals surface area (Å²) in [4.78, 5) is 0. The molecule has 0 aromatic carbocycles. The molecule has 0 heterocycles. The highest BCUT2D eigenvalue weighted by molar-refractivity contribution is 5.01. The Bertz CT molecular complexity index is 238. The summed E-state index contributed by atoms with van der Waals surface area (Å²) < 4.78 is 6.11. The Morgan fingerprint density at radius 1 is 0.938 bits per heavy atom. The van der Waals surface area contributed by atoms with Crippen LogP contribution in [0.5, 0.6) is 0 Å². The fourth-order valence-corrected chi connectivity index (χ4v) is 4.84. The van der Waals surface area contributed by atoms with E-state index in [1.165, 1.54) is 38.5 Å². The quantitative estimate of drug-likeness (QED) is 0.685. The summed E-state index contributed by atoms with van der Waals surface area (Å²) in [5, 5.41) is 0. The first kappa shape index (κ1) is 11.1. The van der Waals surface area contributed by atoms with E-state index in [1.54, 1.807) is 0 Å². The van der Waals surface area contributed by atoms with Gasteiger partial charge in [-0.2, -0.15) is 0 Å². The third-order valence-electron chi connectivity index (χ3n) is 4.98. The minimum absolute atomic E-state index is 0.0450. The minimum atomic E-state index is 0.0450. The van der Waals surface area contributed by atoms with Crippen LogP contribution in [0.3, 0.4) is 0 Å². The van der Waals surface area contributed by atoms with Gasteiger partial charge in [0.15, 0.2) is 0 Å². The molecular formula is C15H26O. The van der Waals surface area contributed by atoms with Gasteiger partial charge in [-0.25, -0.2) is 0 Å². The summed E-state index contributed by atoms with van der Waals surface area (Å²) in [7, 11) is 0. The van der Waals surface area contributed by atoms with Gasteiger partial charge in [0.2, 0.25) is 0 Å². The summed E-state index contributed by atoms with van der Waals surface area (Å²) in [6, 6.07) is 0. The Morgan fingerprint density at radius 2 is 1.38 bits per heavy atom. The van der Waals surface area contributed by atoms with Crippen molar-refractivity contribution < 1.29 is 4.74 Å². The van der Waals surface area contributed by atoms with Crippen LogP contribution in [0.2, 0.25) is 0 Å². The summed E-state index contributed by atoms with van der Waals surface area (Å²) in [6.45, 7) is 7.59. The number of hydrogen-bond acceptors (Lipinski definition) is 1. The van der Waals surface area contributed by atoms with Crippen molar-refractivity contribution in [3.05, 3.63) is 0 Å². The summed E-state index contributed by atoms with van der Waals surface area (Å²) in [6.07, 6.45) is 9.01. The van der Waals surface area contributed by atoms with E-state index in [4.69, 9.17) is 4.74 Å². The van der Waals surface area contributed by atoms with Gasteiger partial charge in [0, 0.05) is 0 Å². The Morgan fingerprint density at radius 3 is 1.75 bits per heavy atom. The molecule has 0 radical (unpaired) electrons. The van der Waals surface area contributed by atoms with Crippen LogP contribution in [-0.4, -0.2) is 12.2 Å². The maximum atomic E-state index is 6.11. The van der Waals surface area contributed by atoms with Gasteiger partial charge in [0.05, 0.1) is 12.2 Å². The van der Waals surface area contributed by atoms with Crippen molar-refractivity contribution in [3.8, 4) is 0 Å². The molecule has 92 valence electrons. The van der Waals surface area contributed by atoms with E-state index < -0.39 is 0 Å². The molecule has 4 aliphatic carbocycles. The van der Waals surface area contributed by atoms with Crippen molar-refractivity contribution in [1.82, 2.24) is 0 Å². The van der Waals surface area contributed by atoms with Crippen LogP contribution in [0, 0.1) is 23.2 Å². The normalized spacial score (nSPS) is 46.3. The van der Waals surface area contributed by atoms with Gasteiger partial charge in [-0.15, -0.1) is 0 Å². The number of hydrogen-bond donors (Lipinski definition) is 0. The molecule has 4 fully saturated rings. The van der Waals surface area contributed by atoms with Crippen LogP contribution in [0.1, 0.15) is 59.3 Å². The molecule has 4 bridgehead atoms. The van der Waals surface area contributed by atoms with Crippen LogP contribution in [-0.2, 0) is 4.74 Å². The van der Waals surface area contributed by atoms with Gasteiger partial charge >= 0.3 is 0 Å². The number of rotatable bonds is 2. The zero-order valence-electron chi connectivity index (χ0n) is 11.1. The third kappa shape index (κ3) is 2.03. The molecule has 1 heteroatoms. The maximum Gasteiger partial charge on any atom is 0.0598 e. The van der Waals surface area contributed by atoms with E-state index in [0.29, 0.717) is 5.41 Å². The molecule has 0 amide bonds. The average Bonchev–Trinajstić information content (AvgIpc) is 2.11. The lowest BCUT2D eigenvalue weighted by Gasteiger charge is -2.57. The second-order valence-electron chi connectivity index (χ2n) is 7.82.